The van der Waals surface area contributed by atoms with E-state index >= 15 is 0 Å². The van der Waals surface area contributed by atoms with Gasteiger partial charge in [0.25, 0.3) is 0 Å². The fourth-order valence-electron chi connectivity index (χ4n) is 3.05. The van der Waals surface area contributed by atoms with Crippen LogP contribution in [0.4, 0.5) is 0 Å². The lowest BCUT2D eigenvalue weighted by molar-refractivity contribution is 0.280. The monoisotopic (exact) mass is 291 g/mol. The first-order chi connectivity index (χ1) is 10.5. The maximum Gasteiger partial charge on any atom is 0.0965 e. The van der Waals surface area contributed by atoms with Crippen LogP contribution in [0.3, 0.4) is 0 Å². The maximum atomic E-state index is 5.39. The normalized spacial score (nSPS) is 13.5. The number of hydrogen-bond donors (Lipinski definition) is 0. The van der Waals surface area contributed by atoms with Crippen LogP contribution in [0.25, 0.3) is 30.5 Å². The summed E-state index contributed by atoms with van der Waals surface area (Å²) in [5.41, 5.74) is 5.72. The van der Waals surface area contributed by atoms with Crippen molar-refractivity contribution in [1.82, 2.24) is 4.57 Å². The van der Waals surface area contributed by atoms with Crippen molar-refractivity contribution >= 4 is 24.8 Å². The van der Waals surface area contributed by atoms with Crippen molar-refractivity contribution in [2.45, 2.75) is 19.8 Å². The Labute approximate surface area is 131 Å². The summed E-state index contributed by atoms with van der Waals surface area (Å²) in [6, 6.07) is 8.37. The number of nitrogens with zero attached hydrogens (tertiary/aromatic N) is 1. The Morgan fingerprint density at radius 1 is 1.09 bits per heavy atom. The van der Waals surface area contributed by atoms with Gasteiger partial charge in [-0.2, -0.15) is 0 Å². The molecule has 0 aliphatic heterocycles. The highest BCUT2D eigenvalue weighted by molar-refractivity contribution is 5.64. The third kappa shape index (κ3) is 2.21. The van der Waals surface area contributed by atoms with Gasteiger partial charge in [-0.05, 0) is 42.7 Å². The lowest BCUT2D eigenvalue weighted by Gasteiger charge is -2.11. The Balaban J connectivity index is 2.16. The third-order valence-corrected chi connectivity index (χ3v) is 4.33. The quantitative estimate of drug-likeness (QED) is 0.846. The Morgan fingerprint density at radius 3 is 2.36 bits per heavy atom. The Kier molecular flexibility index (Phi) is 3.53. The van der Waals surface area contributed by atoms with Crippen LogP contribution in [0.2, 0.25) is 0 Å². The molecule has 1 aromatic carbocycles. The molecule has 0 N–H and O–H groups in total. The Bertz CT molecular complexity index is 866. The molecule has 0 saturated heterocycles. The van der Waals surface area contributed by atoms with Gasteiger partial charge in [-0.3, -0.25) is 0 Å². The number of ether oxygens (including phenoxy) is 1. The average Bonchev–Trinajstić information content (AvgIpc) is 2.78. The highest BCUT2D eigenvalue weighted by atomic mass is 16.5. The van der Waals surface area contributed by atoms with Gasteiger partial charge in [-0.25, -0.2) is 0 Å². The molecule has 1 heterocycles. The fourth-order valence-corrected chi connectivity index (χ4v) is 3.05. The lowest BCUT2D eigenvalue weighted by Crippen LogP contribution is -2.24. The number of rotatable bonds is 3. The van der Waals surface area contributed by atoms with E-state index in [4.69, 9.17) is 4.74 Å². The van der Waals surface area contributed by atoms with Gasteiger partial charge >= 0.3 is 0 Å². The van der Waals surface area contributed by atoms with Crippen molar-refractivity contribution in [2.75, 3.05) is 7.11 Å². The van der Waals surface area contributed by atoms with E-state index < -0.39 is 0 Å². The van der Waals surface area contributed by atoms with Crippen molar-refractivity contribution < 1.29 is 4.74 Å². The molecular formula is C20H21NO. The van der Waals surface area contributed by atoms with Gasteiger partial charge in [0.15, 0.2) is 0 Å². The molecule has 22 heavy (non-hydrogen) atoms. The van der Waals surface area contributed by atoms with Crippen molar-refractivity contribution in [2.24, 2.45) is 0 Å². The number of fused-ring (bicyclic) bond motifs is 1. The minimum Gasteiger partial charge on any atom is -0.501 e. The van der Waals surface area contributed by atoms with Gasteiger partial charge in [0.05, 0.1) is 12.9 Å². The summed E-state index contributed by atoms with van der Waals surface area (Å²) in [4.78, 5) is 0. The SMILES string of the molecule is C=C(C)c1ccc(-n2c(=C)c3c(c2=C)CCC(OC)=C3)cc1. The Morgan fingerprint density at radius 2 is 1.77 bits per heavy atom. The number of methoxy groups -OCH3 is 1. The van der Waals surface area contributed by atoms with Crippen molar-refractivity contribution in [3.05, 3.63) is 64.0 Å². The van der Waals surface area contributed by atoms with Crippen LogP contribution < -0.4 is 10.7 Å². The molecule has 1 aliphatic carbocycles. The molecular weight excluding hydrogens is 270 g/mol. The van der Waals surface area contributed by atoms with Gasteiger partial charge in [-0.15, -0.1) is 0 Å². The summed E-state index contributed by atoms with van der Waals surface area (Å²) < 4.78 is 7.52. The summed E-state index contributed by atoms with van der Waals surface area (Å²) in [7, 11) is 1.72. The predicted octanol–water partition coefficient (Wildman–Crippen LogP) is 3.26. The minimum atomic E-state index is 0.921. The van der Waals surface area contributed by atoms with E-state index in [1.165, 1.54) is 5.56 Å². The second-order valence-corrected chi connectivity index (χ2v) is 5.76. The van der Waals surface area contributed by atoms with Crippen LogP contribution in [0.5, 0.6) is 0 Å². The first-order valence-corrected chi connectivity index (χ1v) is 7.45. The summed E-state index contributed by atoms with van der Waals surface area (Å²) >= 11 is 0. The zero-order chi connectivity index (χ0) is 15.9. The second-order valence-electron chi connectivity index (χ2n) is 5.76. The molecule has 0 amide bonds. The van der Waals surface area contributed by atoms with E-state index in [2.05, 4.69) is 54.6 Å². The molecule has 0 saturated carbocycles. The molecule has 0 atom stereocenters. The van der Waals surface area contributed by atoms with Crippen molar-refractivity contribution in [3.63, 3.8) is 0 Å². The van der Waals surface area contributed by atoms with Gasteiger partial charge < -0.3 is 9.30 Å². The molecule has 2 nitrogen and oxygen atoms in total. The smallest absolute Gasteiger partial charge is 0.0965 e. The molecule has 0 fully saturated rings. The Hall–Kier alpha value is -2.48. The van der Waals surface area contributed by atoms with Crippen LogP contribution in [0.1, 0.15) is 30.0 Å². The molecule has 2 heteroatoms. The van der Waals surface area contributed by atoms with Gasteiger partial charge in [0, 0.05) is 28.4 Å². The maximum absolute atomic E-state index is 5.39. The average molecular weight is 291 g/mol. The van der Waals surface area contributed by atoms with Crippen LogP contribution in [0, 0.1) is 0 Å². The number of allylic oxidation sites excluding steroid dienone is 2. The van der Waals surface area contributed by atoms with Gasteiger partial charge in [0.1, 0.15) is 0 Å². The number of benzene rings is 1. The highest BCUT2D eigenvalue weighted by Gasteiger charge is 2.17. The fraction of sp³-hybridized carbons (Fsp3) is 0.200. The van der Waals surface area contributed by atoms with E-state index in [1.807, 2.05) is 6.92 Å². The van der Waals surface area contributed by atoms with E-state index in [-0.39, 0.29) is 0 Å². The van der Waals surface area contributed by atoms with Crippen LogP contribution in [-0.2, 0) is 11.2 Å². The first kappa shape index (κ1) is 14.5. The van der Waals surface area contributed by atoms with E-state index in [9.17, 15) is 0 Å². The third-order valence-electron chi connectivity index (χ3n) is 4.33. The molecule has 0 spiro atoms. The molecule has 0 bridgehead atoms. The first-order valence-electron chi connectivity index (χ1n) is 7.45. The summed E-state index contributed by atoms with van der Waals surface area (Å²) in [6.07, 6.45) is 3.96. The lowest BCUT2D eigenvalue weighted by atomic mass is 9.99. The van der Waals surface area contributed by atoms with E-state index in [0.29, 0.717) is 0 Å². The molecule has 0 unspecified atom stereocenters. The van der Waals surface area contributed by atoms with E-state index in [0.717, 1.165) is 51.7 Å². The largest absolute Gasteiger partial charge is 0.501 e. The topological polar surface area (TPSA) is 14.2 Å². The van der Waals surface area contributed by atoms with Crippen LogP contribution in [-0.4, -0.2) is 11.7 Å². The summed E-state index contributed by atoms with van der Waals surface area (Å²) in [5, 5.41) is 1.99. The van der Waals surface area contributed by atoms with Crippen LogP contribution in [0.15, 0.2) is 36.6 Å². The molecule has 1 aliphatic rings. The molecule has 2 aromatic rings. The summed E-state index contributed by atoms with van der Waals surface area (Å²) in [5.74, 6) is 1.01. The van der Waals surface area contributed by atoms with Gasteiger partial charge in [0.2, 0.25) is 0 Å². The number of aromatic nitrogens is 1. The molecule has 0 radical (unpaired) electrons. The molecule has 1 aromatic heterocycles. The van der Waals surface area contributed by atoms with Crippen molar-refractivity contribution in [3.8, 4) is 5.69 Å². The number of hydrogen-bond acceptors (Lipinski definition) is 1. The van der Waals surface area contributed by atoms with E-state index in [1.54, 1.807) is 7.11 Å². The van der Waals surface area contributed by atoms with Gasteiger partial charge in [-0.1, -0.05) is 37.4 Å². The zero-order valence-electron chi connectivity index (χ0n) is 13.3. The standard InChI is InChI=1S/C20H21NO/c1-13(2)16-6-8-17(9-7-16)21-14(3)19-11-10-18(22-5)12-20(19)15(21)4/h6-9,12H,1,3-4,10-11H2,2,5H3. The summed E-state index contributed by atoms with van der Waals surface area (Å²) in [6.45, 7) is 14.5. The zero-order valence-corrected chi connectivity index (χ0v) is 13.3. The van der Waals surface area contributed by atoms with Crippen molar-refractivity contribution in [1.29, 1.82) is 0 Å². The minimum absolute atomic E-state index is 0.921. The van der Waals surface area contributed by atoms with Crippen LogP contribution >= 0.6 is 0 Å². The molecule has 112 valence electrons. The highest BCUT2D eigenvalue weighted by Crippen LogP contribution is 2.21. The molecule has 3 rings (SSSR count). The second kappa shape index (κ2) is 5.38. The predicted molar refractivity (Wildman–Crippen MR) is 94.1 cm³/mol.